The van der Waals surface area contributed by atoms with Crippen LogP contribution in [0.1, 0.15) is 99.7 Å². The molecule has 2 fully saturated rings. The number of ether oxygens (including phenoxy) is 1. The van der Waals surface area contributed by atoms with E-state index in [2.05, 4.69) is 13.5 Å². The van der Waals surface area contributed by atoms with E-state index in [9.17, 15) is 13.2 Å². The van der Waals surface area contributed by atoms with Gasteiger partial charge in [-0.05, 0) is 104 Å². The summed E-state index contributed by atoms with van der Waals surface area (Å²) in [6, 6.07) is 8.84. The van der Waals surface area contributed by atoms with Gasteiger partial charge in [0.1, 0.15) is 11.6 Å². The van der Waals surface area contributed by atoms with Crippen molar-refractivity contribution in [1.82, 2.24) is 0 Å². The summed E-state index contributed by atoms with van der Waals surface area (Å²) >= 11 is 0. The molecule has 2 aliphatic carbocycles. The number of hydrogen-bond donors (Lipinski definition) is 0. The highest BCUT2D eigenvalue weighted by molar-refractivity contribution is 5.32. The summed E-state index contributed by atoms with van der Waals surface area (Å²) in [7, 11) is 0. The molecule has 4 heteroatoms. The molecule has 0 aromatic heterocycles. The monoisotopic (exact) mass is 484 g/mol. The van der Waals surface area contributed by atoms with Crippen LogP contribution < -0.4 is 4.74 Å². The minimum atomic E-state index is -0.646. The first-order valence-electron chi connectivity index (χ1n) is 13.5. The lowest BCUT2D eigenvalue weighted by atomic mass is 9.76. The second kappa shape index (κ2) is 12.1. The molecule has 0 amide bonds. The molecule has 190 valence electrons. The number of halogens is 3. The molecule has 0 bridgehead atoms. The molecule has 0 radical (unpaired) electrons. The van der Waals surface area contributed by atoms with Crippen LogP contribution in [-0.2, 0) is 6.42 Å². The highest BCUT2D eigenvalue weighted by Gasteiger charge is 2.27. The van der Waals surface area contributed by atoms with Gasteiger partial charge in [-0.2, -0.15) is 0 Å². The van der Waals surface area contributed by atoms with Crippen molar-refractivity contribution in [2.45, 2.75) is 89.4 Å². The minimum Gasteiger partial charge on any atom is -0.493 e. The Morgan fingerprint density at radius 3 is 2.20 bits per heavy atom. The van der Waals surface area contributed by atoms with E-state index in [1.165, 1.54) is 6.07 Å². The Hall–Kier alpha value is -2.23. The van der Waals surface area contributed by atoms with E-state index in [0.717, 1.165) is 69.8 Å². The topological polar surface area (TPSA) is 9.23 Å². The van der Waals surface area contributed by atoms with E-state index >= 15 is 0 Å². The number of aryl methyl sites for hydroxylation is 1. The molecule has 0 aliphatic heterocycles. The molecule has 0 spiro atoms. The predicted octanol–water partition coefficient (Wildman–Crippen LogP) is 9.26. The molecule has 1 nitrogen and oxygen atoms in total. The van der Waals surface area contributed by atoms with Crippen LogP contribution in [-0.4, -0.2) is 6.61 Å². The van der Waals surface area contributed by atoms with Crippen molar-refractivity contribution >= 4 is 0 Å². The first-order chi connectivity index (χ1) is 17.0. The van der Waals surface area contributed by atoms with E-state index in [-0.39, 0.29) is 17.7 Å². The molecular weight excluding hydrogens is 445 g/mol. The summed E-state index contributed by atoms with van der Waals surface area (Å²) in [4.78, 5) is 0. The molecule has 2 aliphatic rings. The Balaban J connectivity index is 1.28. The van der Waals surface area contributed by atoms with Crippen LogP contribution in [0.5, 0.6) is 5.75 Å². The van der Waals surface area contributed by atoms with E-state index in [1.54, 1.807) is 6.08 Å². The third kappa shape index (κ3) is 6.51. The maximum absolute atomic E-state index is 14.9. The standard InChI is InChI=1S/C31H39F3O/c1-3-4-19-35-26-16-18-27(29(32)20-26)23-12-7-22(8-13-23)9-14-25-15-17-28(31(34)30(25)33)24-10-5-21(2)6-11-24/h3,15-18,20-24H,1,4-14,19H2,2H3. The van der Waals surface area contributed by atoms with Crippen molar-refractivity contribution in [2.24, 2.45) is 11.8 Å². The van der Waals surface area contributed by atoms with Crippen LogP contribution in [0.3, 0.4) is 0 Å². The zero-order chi connectivity index (χ0) is 24.8. The van der Waals surface area contributed by atoms with Crippen molar-refractivity contribution in [3.05, 3.63) is 77.1 Å². The summed E-state index contributed by atoms with van der Waals surface area (Å²) in [5, 5.41) is 0. The zero-order valence-corrected chi connectivity index (χ0v) is 21.0. The summed E-state index contributed by atoms with van der Waals surface area (Å²) < 4.78 is 50.0. The fraction of sp³-hybridized carbons (Fsp3) is 0.548. The third-order valence-electron chi connectivity index (χ3n) is 8.32. The van der Waals surface area contributed by atoms with Crippen LogP contribution in [0.4, 0.5) is 13.2 Å². The molecular formula is C31H39F3O. The summed E-state index contributed by atoms with van der Waals surface area (Å²) in [5.41, 5.74) is 1.83. The Bertz CT molecular complexity index is 985. The van der Waals surface area contributed by atoms with Crippen molar-refractivity contribution < 1.29 is 17.9 Å². The van der Waals surface area contributed by atoms with Gasteiger partial charge in [0.05, 0.1) is 6.61 Å². The first kappa shape index (κ1) is 25.9. The first-order valence-corrected chi connectivity index (χ1v) is 13.5. The Morgan fingerprint density at radius 2 is 1.51 bits per heavy atom. The van der Waals surface area contributed by atoms with Crippen molar-refractivity contribution in [3.8, 4) is 5.75 Å². The average Bonchev–Trinajstić information content (AvgIpc) is 2.86. The smallest absolute Gasteiger partial charge is 0.162 e. The van der Waals surface area contributed by atoms with Gasteiger partial charge >= 0.3 is 0 Å². The summed E-state index contributed by atoms with van der Waals surface area (Å²) in [6.45, 7) is 6.40. The van der Waals surface area contributed by atoms with Gasteiger partial charge in [-0.3, -0.25) is 0 Å². The van der Waals surface area contributed by atoms with Crippen LogP contribution >= 0.6 is 0 Å². The second-order valence-electron chi connectivity index (χ2n) is 10.8. The van der Waals surface area contributed by atoms with Crippen LogP contribution in [0, 0.1) is 29.3 Å². The fourth-order valence-electron chi connectivity index (χ4n) is 5.99. The lowest BCUT2D eigenvalue weighted by molar-refractivity contribution is 0.303. The van der Waals surface area contributed by atoms with Crippen LogP contribution in [0.25, 0.3) is 0 Å². The highest BCUT2D eigenvalue weighted by Crippen LogP contribution is 2.40. The van der Waals surface area contributed by atoms with Gasteiger partial charge in [0.2, 0.25) is 0 Å². The van der Waals surface area contributed by atoms with Gasteiger partial charge in [0.25, 0.3) is 0 Å². The fourth-order valence-corrected chi connectivity index (χ4v) is 5.99. The number of hydrogen-bond acceptors (Lipinski definition) is 1. The molecule has 0 unspecified atom stereocenters. The molecule has 0 heterocycles. The van der Waals surface area contributed by atoms with Crippen molar-refractivity contribution in [3.63, 3.8) is 0 Å². The molecule has 2 aromatic carbocycles. The van der Waals surface area contributed by atoms with E-state index in [1.807, 2.05) is 24.3 Å². The molecule has 2 aromatic rings. The van der Waals surface area contributed by atoms with Crippen LogP contribution in [0.2, 0.25) is 0 Å². The van der Waals surface area contributed by atoms with Gasteiger partial charge in [0.15, 0.2) is 11.6 Å². The maximum atomic E-state index is 14.9. The molecule has 0 N–H and O–H groups in total. The van der Waals surface area contributed by atoms with Gasteiger partial charge in [-0.25, -0.2) is 13.2 Å². The average molecular weight is 485 g/mol. The van der Waals surface area contributed by atoms with Gasteiger partial charge < -0.3 is 4.74 Å². The summed E-state index contributed by atoms with van der Waals surface area (Å²) in [5.74, 6) is 0.599. The molecule has 4 rings (SSSR count). The van der Waals surface area contributed by atoms with E-state index in [0.29, 0.717) is 41.7 Å². The van der Waals surface area contributed by atoms with E-state index < -0.39 is 11.6 Å². The minimum absolute atomic E-state index is 0.151. The Labute approximate surface area is 208 Å². The summed E-state index contributed by atoms with van der Waals surface area (Å²) in [6.07, 6.45) is 11.8. The Morgan fingerprint density at radius 1 is 0.857 bits per heavy atom. The largest absolute Gasteiger partial charge is 0.493 e. The van der Waals surface area contributed by atoms with Gasteiger partial charge in [0, 0.05) is 6.07 Å². The lowest BCUT2D eigenvalue weighted by Gasteiger charge is -2.29. The van der Waals surface area contributed by atoms with Gasteiger partial charge in [-0.1, -0.05) is 44.0 Å². The van der Waals surface area contributed by atoms with Crippen molar-refractivity contribution in [1.29, 1.82) is 0 Å². The van der Waals surface area contributed by atoms with E-state index in [4.69, 9.17) is 4.74 Å². The van der Waals surface area contributed by atoms with Gasteiger partial charge in [-0.15, -0.1) is 6.58 Å². The molecule has 2 saturated carbocycles. The maximum Gasteiger partial charge on any atom is 0.162 e. The predicted molar refractivity (Wildman–Crippen MR) is 136 cm³/mol. The van der Waals surface area contributed by atoms with Crippen molar-refractivity contribution in [2.75, 3.05) is 6.61 Å². The SMILES string of the molecule is C=CCCOc1ccc(C2CCC(CCc3ccc(C4CCC(C)CC4)c(F)c3F)CC2)c(F)c1. The normalized spacial score (nSPS) is 24.8. The highest BCUT2D eigenvalue weighted by atomic mass is 19.2. The Kier molecular flexibility index (Phi) is 8.97. The second-order valence-corrected chi connectivity index (χ2v) is 10.8. The number of rotatable bonds is 9. The molecule has 35 heavy (non-hydrogen) atoms. The third-order valence-corrected chi connectivity index (χ3v) is 8.32. The quantitative estimate of drug-likeness (QED) is 0.254. The molecule has 0 saturated heterocycles. The molecule has 0 atom stereocenters. The zero-order valence-electron chi connectivity index (χ0n) is 21.0. The van der Waals surface area contributed by atoms with Crippen LogP contribution in [0.15, 0.2) is 43.0 Å². The number of benzene rings is 2. The lowest BCUT2D eigenvalue weighted by Crippen LogP contribution is -2.16.